The first-order valence-electron chi connectivity index (χ1n) is 3.97. The van der Waals surface area contributed by atoms with E-state index in [4.69, 9.17) is 0 Å². The molecule has 0 atom stereocenters. The third kappa shape index (κ3) is 2.06. The van der Waals surface area contributed by atoms with Crippen LogP contribution in [-0.2, 0) is 0 Å². The summed E-state index contributed by atoms with van der Waals surface area (Å²) in [6.07, 6.45) is 1.76. The Morgan fingerprint density at radius 1 is 1.42 bits per heavy atom. The Hall–Kier alpha value is -1.37. The van der Waals surface area contributed by atoms with Crippen LogP contribution in [0.5, 0.6) is 0 Å². The normalized spacial score (nSPS) is 11.3. The van der Waals surface area contributed by atoms with Gasteiger partial charge >= 0.3 is 0 Å². The first-order valence-corrected chi connectivity index (χ1v) is 3.97. The van der Waals surface area contributed by atoms with Crippen LogP contribution in [-0.4, -0.2) is 5.71 Å². The Balaban J connectivity index is 3.04. The van der Waals surface area contributed by atoms with Gasteiger partial charge in [-0.2, -0.15) is 0 Å². The van der Waals surface area contributed by atoms with Gasteiger partial charge in [0.25, 0.3) is 0 Å². The number of benzene rings is 1. The van der Waals surface area contributed by atoms with Crippen molar-refractivity contribution in [3.63, 3.8) is 0 Å². The van der Waals surface area contributed by atoms with Crippen LogP contribution in [0.3, 0.4) is 0 Å². The van der Waals surface area contributed by atoms with Crippen molar-refractivity contribution in [3.05, 3.63) is 42.5 Å². The molecular formula is C11H13N. The van der Waals surface area contributed by atoms with Crippen LogP contribution >= 0.6 is 0 Å². The zero-order valence-corrected chi connectivity index (χ0v) is 7.54. The molecule has 0 radical (unpaired) electrons. The van der Waals surface area contributed by atoms with Crippen molar-refractivity contribution in [3.8, 4) is 0 Å². The number of hydrogen-bond acceptors (Lipinski definition) is 1. The third-order valence-corrected chi connectivity index (χ3v) is 1.71. The number of hydrogen-bond donors (Lipinski definition) is 0. The highest BCUT2D eigenvalue weighted by molar-refractivity contribution is 5.94. The molecule has 0 N–H and O–H groups in total. The van der Waals surface area contributed by atoms with Crippen LogP contribution < -0.4 is 0 Å². The molecule has 1 heteroatoms. The predicted molar refractivity (Wildman–Crippen MR) is 54.1 cm³/mol. The fraction of sp³-hybridized carbons (Fsp3) is 0.182. The molecule has 1 aromatic rings. The van der Waals surface area contributed by atoms with Gasteiger partial charge in [0.15, 0.2) is 0 Å². The lowest BCUT2D eigenvalue weighted by Gasteiger charge is -1.98. The van der Waals surface area contributed by atoms with E-state index in [2.05, 4.69) is 24.6 Å². The standard InChI is InChI=1S/C11H13N/c1-4-10(3)12-11-8-6-5-7-9(11)2/h4-8H,1H2,2-3H3/b12-10-. The summed E-state index contributed by atoms with van der Waals surface area (Å²) in [6, 6.07) is 8.05. The van der Waals surface area contributed by atoms with Gasteiger partial charge < -0.3 is 0 Å². The van der Waals surface area contributed by atoms with Crippen LogP contribution in [0.1, 0.15) is 12.5 Å². The van der Waals surface area contributed by atoms with E-state index in [9.17, 15) is 0 Å². The minimum atomic E-state index is 0.948. The lowest BCUT2D eigenvalue weighted by Crippen LogP contribution is -1.82. The molecule has 0 aliphatic rings. The molecule has 0 amide bonds. The van der Waals surface area contributed by atoms with E-state index in [0.29, 0.717) is 0 Å². The van der Waals surface area contributed by atoms with Gasteiger partial charge in [-0.3, -0.25) is 4.99 Å². The van der Waals surface area contributed by atoms with Crippen LogP contribution in [0.2, 0.25) is 0 Å². The van der Waals surface area contributed by atoms with Gasteiger partial charge in [-0.05, 0) is 31.6 Å². The van der Waals surface area contributed by atoms with Crippen molar-refractivity contribution in [1.82, 2.24) is 0 Å². The lowest BCUT2D eigenvalue weighted by molar-refractivity contribution is 1.39. The minimum absolute atomic E-state index is 0.948. The maximum Gasteiger partial charge on any atom is 0.0661 e. The largest absolute Gasteiger partial charge is 0.254 e. The molecule has 0 heterocycles. The SMILES string of the molecule is C=C/C(C)=N\c1ccccc1C. The van der Waals surface area contributed by atoms with E-state index >= 15 is 0 Å². The van der Waals surface area contributed by atoms with Crippen LogP contribution in [0.15, 0.2) is 41.9 Å². The minimum Gasteiger partial charge on any atom is -0.254 e. The number of nitrogens with zero attached hydrogens (tertiary/aromatic N) is 1. The summed E-state index contributed by atoms with van der Waals surface area (Å²) >= 11 is 0. The molecule has 0 aromatic heterocycles. The van der Waals surface area contributed by atoms with Gasteiger partial charge in [0.1, 0.15) is 0 Å². The number of aliphatic imine (C=N–C) groups is 1. The molecule has 0 saturated heterocycles. The Labute approximate surface area is 73.5 Å². The third-order valence-electron chi connectivity index (χ3n) is 1.71. The van der Waals surface area contributed by atoms with E-state index in [1.54, 1.807) is 6.08 Å². The molecule has 0 unspecified atom stereocenters. The Morgan fingerprint density at radius 2 is 2.08 bits per heavy atom. The van der Waals surface area contributed by atoms with E-state index in [-0.39, 0.29) is 0 Å². The van der Waals surface area contributed by atoms with Crippen molar-refractivity contribution >= 4 is 11.4 Å². The summed E-state index contributed by atoms with van der Waals surface area (Å²) in [4.78, 5) is 4.38. The van der Waals surface area contributed by atoms with Gasteiger partial charge in [0.05, 0.1) is 5.69 Å². The second kappa shape index (κ2) is 3.86. The lowest BCUT2D eigenvalue weighted by atomic mass is 10.2. The van der Waals surface area contributed by atoms with Gasteiger partial charge in [-0.15, -0.1) is 0 Å². The zero-order chi connectivity index (χ0) is 8.97. The van der Waals surface area contributed by atoms with E-state index < -0.39 is 0 Å². The van der Waals surface area contributed by atoms with Crippen molar-refractivity contribution in [1.29, 1.82) is 0 Å². The summed E-state index contributed by atoms with van der Waals surface area (Å²) in [5.74, 6) is 0. The fourth-order valence-corrected chi connectivity index (χ4v) is 0.925. The smallest absolute Gasteiger partial charge is 0.0661 e. The second-order valence-electron chi connectivity index (χ2n) is 2.74. The van der Waals surface area contributed by atoms with E-state index in [0.717, 1.165) is 11.4 Å². The summed E-state index contributed by atoms with van der Waals surface area (Å²) < 4.78 is 0. The number of rotatable bonds is 2. The molecule has 62 valence electrons. The highest BCUT2D eigenvalue weighted by Gasteiger charge is 1.92. The molecular weight excluding hydrogens is 146 g/mol. The van der Waals surface area contributed by atoms with Gasteiger partial charge in [0, 0.05) is 5.71 Å². The van der Waals surface area contributed by atoms with E-state index in [1.165, 1.54) is 5.56 Å². The summed E-state index contributed by atoms with van der Waals surface area (Å²) in [6.45, 7) is 7.65. The van der Waals surface area contributed by atoms with Crippen molar-refractivity contribution < 1.29 is 0 Å². The molecule has 1 nitrogen and oxygen atoms in total. The molecule has 1 rings (SSSR count). The first-order chi connectivity index (χ1) is 5.74. The highest BCUT2D eigenvalue weighted by atomic mass is 14.7. The summed E-state index contributed by atoms with van der Waals surface area (Å²) in [5, 5.41) is 0. The quantitative estimate of drug-likeness (QED) is 0.587. The molecule has 12 heavy (non-hydrogen) atoms. The topological polar surface area (TPSA) is 12.4 Å². The highest BCUT2D eigenvalue weighted by Crippen LogP contribution is 2.17. The van der Waals surface area contributed by atoms with Crippen molar-refractivity contribution in [2.75, 3.05) is 0 Å². The molecule has 0 saturated carbocycles. The molecule has 0 aliphatic carbocycles. The fourth-order valence-electron chi connectivity index (χ4n) is 0.925. The maximum absolute atomic E-state index is 4.38. The van der Waals surface area contributed by atoms with Gasteiger partial charge in [-0.1, -0.05) is 24.8 Å². The Kier molecular flexibility index (Phi) is 2.81. The summed E-state index contributed by atoms with van der Waals surface area (Å²) in [7, 11) is 0. The van der Waals surface area contributed by atoms with Gasteiger partial charge in [0.2, 0.25) is 0 Å². The van der Waals surface area contributed by atoms with Crippen LogP contribution in [0.4, 0.5) is 5.69 Å². The zero-order valence-electron chi connectivity index (χ0n) is 7.54. The van der Waals surface area contributed by atoms with E-state index in [1.807, 2.05) is 25.1 Å². The van der Waals surface area contributed by atoms with Crippen molar-refractivity contribution in [2.24, 2.45) is 4.99 Å². The Morgan fingerprint density at radius 3 is 2.67 bits per heavy atom. The van der Waals surface area contributed by atoms with Crippen LogP contribution in [0.25, 0.3) is 0 Å². The molecule has 0 spiro atoms. The average Bonchev–Trinajstić information content (AvgIpc) is 2.09. The monoisotopic (exact) mass is 159 g/mol. The number of aryl methyl sites for hydroxylation is 1. The molecule has 1 aromatic carbocycles. The first kappa shape index (κ1) is 8.72. The molecule has 0 fully saturated rings. The number of allylic oxidation sites excluding steroid dienone is 1. The van der Waals surface area contributed by atoms with Gasteiger partial charge in [-0.25, -0.2) is 0 Å². The Bertz CT molecular complexity index is 311. The maximum atomic E-state index is 4.38. The summed E-state index contributed by atoms with van der Waals surface area (Å²) in [5.41, 5.74) is 3.16. The predicted octanol–water partition coefficient (Wildman–Crippen LogP) is 3.27. The average molecular weight is 159 g/mol. The van der Waals surface area contributed by atoms with Crippen molar-refractivity contribution in [2.45, 2.75) is 13.8 Å². The number of para-hydroxylation sites is 1. The molecule has 0 aliphatic heterocycles. The second-order valence-corrected chi connectivity index (χ2v) is 2.74. The van der Waals surface area contributed by atoms with Crippen LogP contribution in [0, 0.1) is 6.92 Å². The molecule has 0 bridgehead atoms.